The van der Waals surface area contributed by atoms with Gasteiger partial charge in [-0.2, -0.15) is 0 Å². The molecule has 8 nitrogen and oxygen atoms in total. The van der Waals surface area contributed by atoms with Gasteiger partial charge in [-0.25, -0.2) is 9.97 Å². The third-order valence-corrected chi connectivity index (χ3v) is 6.14. The number of anilines is 2. The van der Waals surface area contributed by atoms with Gasteiger partial charge in [0, 0.05) is 32.9 Å². The summed E-state index contributed by atoms with van der Waals surface area (Å²) in [5.74, 6) is 0.811. The van der Waals surface area contributed by atoms with Gasteiger partial charge >= 0.3 is 0 Å². The molecule has 1 fully saturated rings. The molecule has 1 saturated heterocycles. The highest BCUT2D eigenvalue weighted by atomic mass is 35.5. The van der Waals surface area contributed by atoms with Crippen molar-refractivity contribution in [1.29, 1.82) is 0 Å². The number of likely N-dealkylation sites (tertiary alicyclic amines) is 1. The number of hydrogen-bond acceptors (Lipinski definition) is 6. The van der Waals surface area contributed by atoms with Crippen molar-refractivity contribution in [3.63, 3.8) is 0 Å². The number of likely N-dealkylation sites (N-methyl/N-ethyl adjacent to an activating group) is 1. The lowest BCUT2D eigenvalue weighted by atomic mass is 10.1. The van der Waals surface area contributed by atoms with Gasteiger partial charge in [-0.05, 0) is 56.5 Å². The molecule has 9 heteroatoms. The van der Waals surface area contributed by atoms with Gasteiger partial charge in [-0.1, -0.05) is 17.7 Å². The van der Waals surface area contributed by atoms with E-state index in [1.807, 2.05) is 17.0 Å². The second kappa shape index (κ2) is 10.3. The zero-order valence-corrected chi connectivity index (χ0v) is 20.3. The standard InChI is InChI=1S/C25H28ClN5O3/c1-16(24(32)30(2)3)34-21-9-7-8-20-22(21)23(28-15-27-20)29-17-10-11-18(19(26)14-17)25(33)31-12-5-4-6-13-31/h7-11,14-16H,4-6,12-13H2,1-3H3,(H,27,28,29)/t16-/m1/s1. The highest BCUT2D eigenvalue weighted by Crippen LogP contribution is 2.33. The first-order chi connectivity index (χ1) is 16.3. The zero-order valence-electron chi connectivity index (χ0n) is 19.5. The number of ether oxygens (including phenoxy) is 1. The normalized spacial score (nSPS) is 14.5. The Balaban J connectivity index is 1.61. The summed E-state index contributed by atoms with van der Waals surface area (Å²) >= 11 is 6.51. The molecule has 1 aromatic heterocycles. The fourth-order valence-electron chi connectivity index (χ4n) is 4.05. The van der Waals surface area contributed by atoms with Crippen LogP contribution in [0.3, 0.4) is 0 Å². The van der Waals surface area contributed by atoms with E-state index in [-0.39, 0.29) is 11.8 Å². The first kappa shape index (κ1) is 23.8. The van der Waals surface area contributed by atoms with E-state index in [1.54, 1.807) is 45.3 Å². The number of rotatable bonds is 6. The number of hydrogen-bond donors (Lipinski definition) is 1. The average Bonchev–Trinajstić information content (AvgIpc) is 2.84. The lowest BCUT2D eigenvalue weighted by Gasteiger charge is -2.27. The minimum atomic E-state index is -0.678. The molecule has 0 radical (unpaired) electrons. The van der Waals surface area contributed by atoms with Crippen LogP contribution in [0.15, 0.2) is 42.7 Å². The van der Waals surface area contributed by atoms with Crippen molar-refractivity contribution in [1.82, 2.24) is 19.8 Å². The third-order valence-electron chi connectivity index (χ3n) is 5.82. The maximum atomic E-state index is 12.9. The van der Waals surface area contributed by atoms with Crippen LogP contribution in [0.1, 0.15) is 36.5 Å². The number of amides is 2. The first-order valence-electron chi connectivity index (χ1n) is 11.3. The SMILES string of the molecule is C[C@@H](Oc1cccc2ncnc(Nc3ccc(C(=O)N4CCCCC4)c(Cl)c3)c12)C(=O)N(C)C. The second-order valence-electron chi connectivity index (χ2n) is 8.54. The number of carbonyl (C=O) groups is 2. The molecule has 2 aromatic carbocycles. The van der Waals surface area contributed by atoms with Gasteiger partial charge in [0.25, 0.3) is 11.8 Å². The Morgan fingerprint density at radius 3 is 2.59 bits per heavy atom. The van der Waals surface area contributed by atoms with Gasteiger partial charge < -0.3 is 19.9 Å². The Morgan fingerprint density at radius 2 is 1.88 bits per heavy atom. The van der Waals surface area contributed by atoms with E-state index in [0.29, 0.717) is 38.7 Å². The summed E-state index contributed by atoms with van der Waals surface area (Å²) in [6.07, 6.45) is 3.97. The molecule has 34 heavy (non-hydrogen) atoms. The molecule has 0 spiro atoms. The van der Waals surface area contributed by atoms with Crippen LogP contribution in [-0.2, 0) is 4.79 Å². The minimum Gasteiger partial charge on any atom is -0.480 e. The molecule has 4 rings (SSSR count). The van der Waals surface area contributed by atoms with Gasteiger partial charge in [0.2, 0.25) is 0 Å². The van der Waals surface area contributed by atoms with Crippen LogP contribution in [0.4, 0.5) is 11.5 Å². The molecule has 1 N–H and O–H groups in total. The van der Waals surface area contributed by atoms with Crippen LogP contribution < -0.4 is 10.1 Å². The van der Waals surface area contributed by atoms with Crippen molar-refractivity contribution in [2.24, 2.45) is 0 Å². The van der Waals surface area contributed by atoms with Crippen LogP contribution >= 0.6 is 11.6 Å². The van der Waals surface area contributed by atoms with Crippen molar-refractivity contribution in [2.75, 3.05) is 32.5 Å². The van der Waals surface area contributed by atoms with Crippen LogP contribution in [0.25, 0.3) is 10.9 Å². The molecule has 1 aliphatic rings. The molecule has 3 aromatic rings. The molecular formula is C25H28ClN5O3. The maximum Gasteiger partial charge on any atom is 0.262 e. The Bertz CT molecular complexity index is 1210. The summed E-state index contributed by atoms with van der Waals surface area (Å²) in [7, 11) is 3.37. The number of nitrogens with one attached hydrogen (secondary N) is 1. The minimum absolute atomic E-state index is 0.0426. The van der Waals surface area contributed by atoms with Crippen LogP contribution in [0.2, 0.25) is 5.02 Å². The summed E-state index contributed by atoms with van der Waals surface area (Å²) in [4.78, 5) is 37.2. The summed E-state index contributed by atoms with van der Waals surface area (Å²) < 4.78 is 5.98. The summed E-state index contributed by atoms with van der Waals surface area (Å²) in [6, 6.07) is 10.7. The number of carbonyl (C=O) groups excluding carboxylic acids is 2. The zero-order chi connectivity index (χ0) is 24.2. The van der Waals surface area contributed by atoms with E-state index in [1.165, 1.54) is 11.2 Å². The van der Waals surface area contributed by atoms with Crippen LogP contribution in [0, 0.1) is 0 Å². The van der Waals surface area contributed by atoms with Crippen molar-refractivity contribution < 1.29 is 14.3 Å². The smallest absolute Gasteiger partial charge is 0.262 e. The largest absolute Gasteiger partial charge is 0.480 e. The number of benzene rings is 2. The van der Waals surface area contributed by atoms with E-state index in [4.69, 9.17) is 16.3 Å². The monoisotopic (exact) mass is 481 g/mol. The fraction of sp³-hybridized carbons (Fsp3) is 0.360. The highest BCUT2D eigenvalue weighted by Gasteiger charge is 2.22. The Labute approximate surface area is 203 Å². The van der Waals surface area contributed by atoms with Gasteiger partial charge in [0.1, 0.15) is 17.9 Å². The summed E-state index contributed by atoms with van der Waals surface area (Å²) in [5.41, 5.74) is 1.83. The molecule has 0 bridgehead atoms. The molecule has 0 aliphatic carbocycles. The highest BCUT2D eigenvalue weighted by molar-refractivity contribution is 6.34. The average molecular weight is 482 g/mol. The Hall–Kier alpha value is -3.39. The van der Waals surface area contributed by atoms with E-state index in [0.717, 1.165) is 32.4 Å². The number of fused-ring (bicyclic) bond motifs is 1. The predicted octanol–water partition coefficient (Wildman–Crippen LogP) is 4.51. The summed E-state index contributed by atoms with van der Waals surface area (Å²) in [6.45, 7) is 3.23. The van der Waals surface area contributed by atoms with Crippen molar-refractivity contribution >= 4 is 45.8 Å². The first-order valence-corrected chi connectivity index (χ1v) is 11.7. The van der Waals surface area contributed by atoms with Crippen molar-refractivity contribution in [2.45, 2.75) is 32.3 Å². The molecule has 2 heterocycles. The lowest BCUT2D eigenvalue weighted by molar-refractivity contribution is -0.135. The Morgan fingerprint density at radius 1 is 1.12 bits per heavy atom. The van der Waals surface area contributed by atoms with E-state index in [2.05, 4.69) is 15.3 Å². The van der Waals surface area contributed by atoms with Gasteiger partial charge in [0.15, 0.2) is 6.10 Å². The molecule has 2 amide bonds. The second-order valence-corrected chi connectivity index (χ2v) is 8.94. The van der Waals surface area contributed by atoms with Gasteiger partial charge in [-0.3, -0.25) is 9.59 Å². The molecule has 0 saturated carbocycles. The predicted molar refractivity (Wildman–Crippen MR) is 133 cm³/mol. The molecule has 1 aliphatic heterocycles. The fourth-order valence-corrected chi connectivity index (χ4v) is 4.31. The molecule has 178 valence electrons. The molecule has 1 atom stereocenters. The topological polar surface area (TPSA) is 87.7 Å². The van der Waals surface area contributed by atoms with Crippen molar-refractivity contribution in [3.05, 3.63) is 53.3 Å². The van der Waals surface area contributed by atoms with Crippen molar-refractivity contribution in [3.8, 4) is 5.75 Å². The quantitative estimate of drug-likeness (QED) is 0.557. The number of piperidine rings is 1. The number of aromatic nitrogens is 2. The summed E-state index contributed by atoms with van der Waals surface area (Å²) in [5, 5.41) is 4.29. The molecular weight excluding hydrogens is 454 g/mol. The molecule has 0 unspecified atom stereocenters. The number of nitrogens with zero attached hydrogens (tertiary/aromatic N) is 4. The van der Waals surface area contributed by atoms with E-state index >= 15 is 0 Å². The van der Waals surface area contributed by atoms with Gasteiger partial charge in [0.05, 0.1) is 21.5 Å². The lowest BCUT2D eigenvalue weighted by Crippen LogP contribution is -2.35. The van der Waals surface area contributed by atoms with E-state index in [9.17, 15) is 9.59 Å². The third kappa shape index (κ3) is 5.07. The van der Waals surface area contributed by atoms with Crippen LogP contribution in [-0.4, -0.2) is 64.9 Å². The maximum absolute atomic E-state index is 12.9. The van der Waals surface area contributed by atoms with E-state index < -0.39 is 6.10 Å². The van der Waals surface area contributed by atoms with Crippen LogP contribution in [0.5, 0.6) is 5.75 Å². The Kier molecular flexibility index (Phi) is 7.17. The number of halogens is 1. The van der Waals surface area contributed by atoms with Gasteiger partial charge in [-0.15, -0.1) is 0 Å².